The Labute approximate surface area is 163 Å². The summed E-state index contributed by atoms with van der Waals surface area (Å²) in [4.78, 5) is 0. The van der Waals surface area contributed by atoms with Crippen LogP contribution in [0.3, 0.4) is 0 Å². The van der Waals surface area contributed by atoms with Crippen LogP contribution in [0.1, 0.15) is 105 Å². The molecule has 0 amide bonds. The highest BCUT2D eigenvalue weighted by Crippen LogP contribution is 2.62. The number of allylic oxidation sites excluding steroid dienone is 2. The van der Waals surface area contributed by atoms with E-state index in [1.165, 1.54) is 51.4 Å². The summed E-state index contributed by atoms with van der Waals surface area (Å²) in [7, 11) is 0. The van der Waals surface area contributed by atoms with E-state index in [0.717, 1.165) is 41.4 Å². The standard InChI is InChI=1S/C26H44/c1-18(2)8-7-9-19(3)21-13-14-23-22(21)15-16-25-24(23)12-11-20-10-5-6-17-26(20,25)4/h11,18-19,21-25H,5-10,12-17H2,1-4H3/t19-,21-,22?,23-,24?,25+,26+/m1/s1. The molecule has 0 N–H and O–H groups in total. The highest BCUT2D eigenvalue weighted by atomic mass is 14.6. The van der Waals surface area contributed by atoms with E-state index < -0.39 is 0 Å². The quantitative estimate of drug-likeness (QED) is 0.437. The summed E-state index contributed by atoms with van der Waals surface area (Å²) in [6.07, 6.45) is 20.6. The van der Waals surface area contributed by atoms with Crippen molar-refractivity contribution in [1.29, 1.82) is 0 Å². The molecule has 0 nitrogen and oxygen atoms in total. The Bertz CT molecular complexity index is 514. The molecule has 7 atom stereocenters. The molecule has 3 saturated carbocycles. The predicted molar refractivity (Wildman–Crippen MR) is 113 cm³/mol. The van der Waals surface area contributed by atoms with Gasteiger partial charge in [-0.25, -0.2) is 0 Å². The summed E-state index contributed by atoms with van der Waals surface area (Å²) in [5, 5.41) is 0. The summed E-state index contributed by atoms with van der Waals surface area (Å²) in [5.74, 6) is 7.12. The molecule has 0 heterocycles. The van der Waals surface area contributed by atoms with Crippen LogP contribution in [0.4, 0.5) is 0 Å². The van der Waals surface area contributed by atoms with Crippen molar-refractivity contribution in [2.24, 2.45) is 46.8 Å². The van der Waals surface area contributed by atoms with Gasteiger partial charge in [0.2, 0.25) is 0 Å². The van der Waals surface area contributed by atoms with E-state index in [9.17, 15) is 0 Å². The number of rotatable bonds is 5. The first-order valence-corrected chi connectivity index (χ1v) is 12.2. The van der Waals surface area contributed by atoms with Gasteiger partial charge in [0.05, 0.1) is 0 Å². The van der Waals surface area contributed by atoms with E-state index >= 15 is 0 Å². The van der Waals surface area contributed by atoms with E-state index in [1.54, 1.807) is 25.7 Å². The third-order valence-electron chi connectivity index (χ3n) is 9.56. The van der Waals surface area contributed by atoms with Gasteiger partial charge in [0.15, 0.2) is 0 Å². The monoisotopic (exact) mass is 356 g/mol. The van der Waals surface area contributed by atoms with Crippen LogP contribution in [0.15, 0.2) is 11.6 Å². The molecule has 0 aromatic heterocycles. The fourth-order valence-electron chi connectivity index (χ4n) is 8.16. The molecule has 4 aliphatic rings. The van der Waals surface area contributed by atoms with E-state index in [0.29, 0.717) is 5.41 Å². The topological polar surface area (TPSA) is 0 Å². The molecule has 26 heavy (non-hydrogen) atoms. The predicted octanol–water partition coefficient (Wildman–Crippen LogP) is 8.03. The second-order valence-electron chi connectivity index (χ2n) is 11.3. The third kappa shape index (κ3) is 3.33. The van der Waals surface area contributed by atoms with Crippen molar-refractivity contribution in [1.82, 2.24) is 0 Å². The van der Waals surface area contributed by atoms with Crippen molar-refractivity contribution in [3.8, 4) is 0 Å². The van der Waals surface area contributed by atoms with E-state index in [2.05, 4.69) is 33.8 Å². The average molecular weight is 357 g/mol. The van der Waals surface area contributed by atoms with Crippen molar-refractivity contribution in [2.75, 3.05) is 0 Å². The number of hydrogen-bond acceptors (Lipinski definition) is 0. The average Bonchev–Trinajstić information content (AvgIpc) is 3.05. The lowest BCUT2D eigenvalue weighted by Gasteiger charge is -2.55. The molecule has 0 spiro atoms. The first-order chi connectivity index (χ1) is 12.5. The molecule has 4 rings (SSSR count). The maximum absolute atomic E-state index is 2.74. The zero-order valence-electron chi connectivity index (χ0n) is 18.1. The minimum Gasteiger partial charge on any atom is -0.0845 e. The van der Waals surface area contributed by atoms with Crippen LogP contribution in [-0.2, 0) is 0 Å². The first kappa shape index (κ1) is 19.1. The van der Waals surface area contributed by atoms with Gasteiger partial charge >= 0.3 is 0 Å². The largest absolute Gasteiger partial charge is 0.0845 e. The zero-order chi connectivity index (χ0) is 18.3. The molecule has 148 valence electrons. The molecule has 0 heteroatoms. The molecule has 0 aromatic carbocycles. The number of fused-ring (bicyclic) bond motifs is 5. The molecule has 0 aromatic rings. The van der Waals surface area contributed by atoms with Crippen LogP contribution in [0, 0.1) is 46.8 Å². The zero-order valence-corrected chi connectivity index (χ0v) is 18.1. The van der Waals surface area contributed by atoms with Crippen LogP contribution >= 0.6 is 0 Å². The maximum atomic E-state index is 2.74. The van der Waals surface area contributed by atoms with Gasteiger partial charge in [0, 0.05) is 0 Å². The van der Waals surface area contributed by atoms with Crippen molar-refractivity contribution in [3.63, 3.8) is 0 Å². The van der Waals surface area contributed by atoms with E-state index in [1.807, 2.05) is 5.57 Å². The Morgan fingerprint density at radius 3 is 2.58 bits per heavy atom. The fraction of sp³-hybridized carbons (Fsp3) is 0.923. The lowest BCUT2D eigenvalue weighted by molar-refractivity contribution is 0.000426. The Kier molecular flexibility index (Phi) is 5.60. The SMILES string of the molecule is CC(C)CCC[C@@H](C)[C@H]1CC[C@@H]2C1CC[C@H]1C2CC=C2CCCC[C@@]21C. The van der Waals surface area contributed by atoms with Gasteiger partial charge in [0.1, 0.15) is 0 Å². The second-order valence-corrected chi connectivity index (χ2v) is 11.3. The Balaban J connectivity index is 1.43. The summed E-state index contributed by atoms with van der Waals surface area (Å²) >= 11 is 0. The molecular weight excluding hydrogens is 312 g/mol. The smallest absolute Gasteiger partial charge is 0.00853 e. The molecule has 0 saturated heterocycles. The van der Waals surface area contributed by atoms with Gasteiger partial charge in [-0.1, -0.05) is 65.0 Å². The van der Waals surface area contributed by atoms with Crippen LogP contribution in [0.2, 0.25) is 0 Å². The number of hydrogen-bond donors (Lipinski definition) is 0. The molecule has 4 aliphatic carbocycles. The van der Waals surface area contributed by atoms with Gasteiger partial charge in [-0.05, 0) is 98.2 Å². The third-order valence-corrected chi connectivity index (χ3v) is 9.56. The van der Waals surface area contributed by atoms with Crippen molar-refractivity contribution in [2.45, 2.75) is 105 Å². The normalized spacial score (nSPS) is 43.4. The fourth-order valence-corrected chi connectivity index (χ4v) is 8.16. The van der Waals surface area contributed by atoms with Crippen LogP contribution < -0.4 is 0 Å². The van der Waals surface area contributed by atoms with Crippen LogP contribution in [-0.4, -0.2) is 0 Å². The van der Waals surface area contributed by atoms with Crippen molar-refractivity contribution < 1.29 is 0 Å². The molecule has 0 aliphatic heterocycles. The van der Waals surface area contributed by atoms with Crippen molar-refractivity contribution >= 4 is 0 Å². The highest BCUT2D eigenvalue weighted by Gasteiger charge is 2.53. The molecule has 2 unspecified atom stereocenters. The summed E-state index contributed by atoms with van der Waals surface area (Å²) in [6, 6.07) is 0. The maximum Gasteiger partial charge on any atom is -0.00853 e. The van der Waals surface area contributed by atoms with Gasteiger partial charge in [0.25, 0.3) is 0 Å². The van der Waals surface area contributed by atoms with Gasteiger partial charge in [-0.15, -0.1) is 0 Å². The van der Waals surface area contributed by atoms with Gasteiger partial charge in [-0.2, -0.15) is 0 Å². The summed E-state index contributed by atoms with van der Waals surface area (Å²) in [5.41, 5.74) is 2.47. The lowest BCUT2D eigenvalue weighted by atomic mass is 9.50. The molecule has 0 radical (unpaired) electrons. The van der Waals surface area contributed by atoms with E-state index in [-0.39, 0.29) is 0 Å². The Morgan fingerprint density at radius 2 is 1.77 bits per heavy atom. The van der Waals surface area contributed by atoms with Crippen LogP contribution in [0.25, 0.3) is 0 Å². The summed E-state index contributed by atoms with van der Waals surface area (Å²) in [6.45, 7) is 10.0. The molecule has 0 bridgehead atoms. The van der Waals surface area contributed by atoms with Gasteiger partial charge < -0.3 is 0 Å². The Morgan fingerprint density at radius 1 is 0.962 bits per heavy atom. The Hall–Kier alpha value is -0.260. The lowest BCUT2D eigenvalue weighted by Crippen LogP contribution is -2.46. The van der Waals surface area contributed by atoms with Crippen LogP contribution in [0.5, 0.6) is 0 Å². The van der Waals surface area contributed by atoms with Gasteiger partial charge in [-0.3, -0.25) is 0 Å². The summed E-state index contributed by atoms with van der Waals surface area (Å²) < 4.78 is 0. The minimum absolute atomic E-state index is 0.590. The minimum atomic E-state index is 0.590. The molecular formula is C26H44. The second kappa shape index (κ2) is 7.63. The highest BCUT2D eigenvalue weighted by molar-refractivity contribution is 5.23. The van der Waals surface area contributed by atoms with Crippen molar-refractivity contribution in [3.05, 3.63) is 11.6 Å². The molecule has 3 fully saturated rings. The van der Waals surface area contributed by atoms with E-state index in [4.69, 9.17) is 0 Å². The first-order valence-electron chi connectivity index (χ1n) is 12.2.